The quantitative estimate of drug-likeness (QED) is 0.161. The SMILES string of the molecule is N#Cc1cccc(-c2cc(C(=O)NC3(c4ccc(C(=O)O)cc4)CC3)c3c(Sc4ccc(-c5ccccc5)cc4)c[nH]c3c2)c1. The van der Waals surface area contributed by atoms with Gasteiger partial charge in [-0.25, -0.2) is 4.79 Å². The molecule has 1 aliphatic carbocycles. The van der Waals surface area contributed by atoms with Crippen molar-refractivity contribution in [2.45, 2.75) is 28.2 Å². The molecule has 0 bridgehead atoms. The summed E-state index contributed by atoms with van der Waals surface area (Å²) in [6, 6.07) is 38.8. The van der Waals surface area contributed by atoms with Gasteiger partial charge in [0.05, 0.1) is 28.3 Å². The van der Waals surface area contributed by atoms with Crippen LogP contribution >= 0.6 is 11.8 Å². The number of aromatic carboxylic acids is 1. The molecule has 0 unspecified atom stereocenters. The number of aromatic nitrogens is 1. The molecule has 0 spiro atoms. The number of hydrogen-bond acceptors (Lipinski definition) is 4. The van der Waals surface area contributed by atoms with Gasteiger partial charge in [-0.15, -0.1) is 0 Å². The molecule has 1 amide bonds. The summed E-state index contributed by atoms with van der Waals surface area (Å²) >= 11 is 1.59. The zero-order valence-corrected chi connectivity index (χ0v) is 24.9. The van der Waals surface area contributed by atoms with E-state index in [0.717, 1.165) is 61.4 Å². The molecule has 1 heterocycles. The predicted molar refractivity (Wildman–Crippen MR) is 176 cm³/mol. The van der Waals surface area contributed by atoms with Crippen molar-refractivity contribution in [1.82, 2.24) is 10.3 Å². The van der Waals surface area contributed by atoms with Crippen LogP contribution in [-0.2, 0) is 5.54 Å². The van der Waals surface area contributed by atoms with Crippen LogP contribution in [0.3, 0.4) is 0 Å². The van der Waals surface area contributed by atoms with Crippen LogP contribution in [0.15, 0.2) is 131 Å². The largest absolute Gasteiger partial charge is 0.478 e. The van der Waals surface area contributed by atoms with Crippen molar-refractivity contribution in [2.24, 2.45) is 0 Å². The molecule has 3 N–H and O–H groups in total. The Kier molecular flexibility index (Phi) is 7.20. The van der Waals surface area contributed by atoms with Crippen molar-refractivity contribution in [1.29, 1.82) is 5.26 Å². The maximum Gasteiger partial charge on any atom is 0.335 e. The molecule has 0 radical (unpaired) electrons. The zero-order chi connectivity index (χ0) is 31.0. The number of aromatic amines is 1. The van der Waals surface area contributed by atoms with Crippen molar-refractivity contribution in [2.75, 3.05) is 0 Å². The number of nitriles is 1. The van der Waals surface area contributed by atoms with Gasteiger partial charge in [-0.1, -0.05) is 78.5 Å². The topological polar surface area (TPSA) is 106 Å². The molecule has 6 nitrogen and oxygen atoms in total. The minimum absolute atomic E-state index is 0.209. The Morgan fingerprint density at radius 3 is 2.20 bits per heavy atom. The van der Waals surface area contributed by atoms with Gasteiger partial charge in [-0.3, -0.25) is 4.79 Å². The van der Waals surface area contributed by atoms with Crippen LogP contribution in [0.4, 0.5) is 0 Å². The van der Waals surface area contributed by atoms with Crippen molar-refractivity contribution in [3.8, 4) is 28.3 Å². The number of fused-ring (bicyclic) bond motifs is 1. The van der Waals surface area contributed by atoms with Gasteiger partial charge in [0.25, 0.3) is 5.91 Å². The van der Waals surface area contributed by atoms with Crippen LogP contribution in [-0.4, -0.2) is 22.0 Å². The molecular formula is C38H27N3O3S. The monoisotopic (exact) mass is 605 g/mol. The highest BCUT2D eigenvalue weighted by Gasteiger charge is 2.46. The van der Waals surface area contributed by atoms with Crippen molar-refractivity contribution in [3.05, 3.63) is 144 Å². The van der Waals surface area contributed by atoms with Gasteiger partial charge in [-0.05, 0) is 89.2 Å². The van der Waals surface area contributed by atoms with Gasteiger partial charge in [-0.2, -0.15) is 5.26 Å². The summed E-state index contributed by atoms with van der Waals surface area (Å²) in [6.45, 7) is 0. The van der Waals surface area contributed by atoms with Crippen LogP contribution in [0, 0.1) is 11.3 Å². The summed E-state index contributed by atoms with van der Waals surface area (Å²) in [5.74, 6) is -1.19. The normalized spacial score (nSPS) is 13.2. The number of carboxylic acids is 1. The first-order valence-electron chi connectivity index (χ1n) is 14.6. The van der Waals surface area contributed by atoms with Gasteiger partial charge < -0.3 is 15.4 Å². The van der Waals surface area contributed by atoms with E-state index in [0.29, 0.717) is 11.1 Å². The lowest BCUT2D eigenvalue weighted by molar-refractivity contribution is 0.0696. The molecule has 1 aliphatic rings. The average molecular weight is 606 g/mol. The fraction of sp³-hybridized carbons (Fsp3) is 0.0789. The minimum Gasteiger partial charge on any atom is -0.478 e. The molecule has 1 fully saturated rings. The number of hydrogen-bond donors (Lipinski definition) is 3. The Labute approximate surface area is 264 Å². The van der Waals surface area contributed by atoms with Crippen molar-refractivity contribution >= 4 is 34.5 Å². The Bertz CT molecular complexity index is 2110. The average Bonchev–Trinajstić information content (AvgIpc) is 3.76. The Morgan fingerprint density at radius 2 is 1.51 bits per heavy atom. The Balaban J connectivity index is 1.26. The molecule has 5 aromatic carbocycles. The van der Waals surface area contributed by atoms with E-state index in [9.17, 15) is 20.0 Å². The second kappa shape index (κ2) is 11.5. The third-order valence-corrected chi connectivity index (χ3v) is 9.34. The molecule has 218 valence electrons. The van der Waals surface area contributed by atoms with Gasteiger partial charge in [0.1, 0.15) is 0 Å². The molecule has 45 heavy (non-hydrogen) atoms. The number of nitrogens with one attached hydrogen (secondary N) is 2. The molecule has 1 saturated carbocycles. The lowest BCUT2D eigenvalue weighted by Gasteiger charge is -2.19. The number of H-pyrrole nitrogens is 1. The summed E-state index contributed by atoms with van der Waals surface area (Å²) < 4.78 is 0. The summed E-state index contributed by atoms with van der Waals surface area (Å²) in [7, 11) is 0. The highest BCUT2D eigenvalue weighted by atomic mass is 32.2. The van der Waals surface area contributed by atoms with E-state index in [4.69, 9.17) is 0 Å². The van der Waals surface area contributed by atoms with Crippen LogP contribution in [0.5, 0.6) is 0 Å². The number of rotatable bonds is 8. The van der Waals surface area contributed by atoms with Crippen molar-refractivity contribution in [3.63, 3.8) is 0 Å². The lowest BCUT2D eigenvalue weighted by Crippen LogP contribution is -2.35. The van der Waals surface area contributed by atoms with E-state index in [1.807, 2.05) is 54.7 Å². The maximum absolute atomic E-state index is 14.2. The van der Waals surface area contributed by atoms with E-state index >= 15 is 0 Å². The second-order valence-corrected chi connectivity index (χ2v) is 12.3. The summed E-state index contributed by atoms with van der Waals surface area (Å²) in [6.07, 6.45) is 3.46. The van der Waals surface area contributed by atoms with Crippen LogP contribution in [0.1, 0.15) is 44.7 Å². The molecule has 1 aromatic heterocycles. The number of carboxylic acid groups (broad SMARTS) is 1. The molecule has 0 atom stereocenters. The first kappa shape index (κ1) is 28.2. The molecular weight excluding hydrogens is 579 g/mol. The Morgan fingerprint density at radius 1 is 0.800 bits per heavy atom. The molecule has 6 aromatic rings. The van der Waals surface area contributed by atoms with E-state index in [1.54, 1.807) is 42.1 Å². The third kappa shape index (κ3) is 5.60. The smallest absolute Gasteiger partial charge is 0.335 e. The van der Waals surface area contributed by atoms with Gasteiger partial charge >= 0.3 is 5.97 Å². The first-order chi connectivity index (χ1) is 21.9. The standard InChI is InChI=1S/C38H27N3O3S/c39-22-24-5-4-8-28(19-24)29-20-32(36(42)41-38(17-18-38)30-13-9-27(10-14-30)37(43)44)35-33(21-29)40-23-34(35)45-31-15-11-26(12-16-31)25-6-2-1-3-7-25/h1-16,19-21,23,40H,17-18H2,(H,41,42)(H,43,44). The fourth-order valence-corrected chi connectivity index (χ4v) is 6.70. The second-order valence-electron chi connectivity index (χ2n) is 11.2. The highest BCUT2D eigenvalue weighted by molar-refractivity contribution is 7.99. The summed E-state index contributed by atoms with van der Waals surface area (Å²) in [4.78, 5) is 30.9. The fourth-order valence-electron chi connectivity index (χ4n) is 5.73. The van der Waals surface area contributed by atoms with E-state index in [1.165, 1.54) is 0 Å². The van der Waals surface area contributed by atoms with E-state index < -0.39 is 11.5 Å². The van der Waals surface area contributed by atoms with E-state index in [2.05, 4.69) is 52.8 Å². The number of carbonyl (C=O) groups excluding carboxylic acids is 1. The third-order valence-electron chi connectivity index (χ3n) is 8.29. The number of amides is 1. The Hall–Kier alpha value is -5.58. The molecule has 0 aliphatic heterocycles. The number of benzene rings is 5. The number of carbonyl (C=O) groups is 2. The highest BCUT2D eigenvalue weighted by Crippen LogP contribution is 2.46. The van der Waals surface area contributed by atoms with Crippen LogP contribution in [0.25, 0.3) is 33.2 Å². The molecule has 7 heteroatoms. The number of nitrogens with zero attached hydrogens (tertiary/aromatic N) is 1. The first-order valence-corrected chi connectivity index (χ1v) is 15.4. The van der Waals surface area contributed by atoms with E-state index in [-0.39, 0.29) is 11.5 Å². The van der Waals surface area contributed by atoms with Crippen LogP contribution in [0.2, 0.25) is 0 Å². The molecule has 0 saturated heterocycles. The molecule has 7 rings (SSSR count). The minimum atomic E-state index is -0.984. The van der Waals surface area contributed by atoms with Gasteiger partial charge in [0.15, 0.2) is 0 Å². The van der Waals surface area contributed by atoms with Crippen molar-refractivity contribution < 1.29 is 14.7 Å². The lowest BCUT2D eigenvalue weighted by atomic mass is 9.97. The predicted octanol–water partition coefficient (Wildman–Crippen LogP) is 8.64. The van der Waals surface area contributed by atoms with Crippen LogP contribution < -0.4 is 5.32 Å². The van der Waals surface area contributed by atoms with Gasteiger partial charge in [0.2, 0.25) is 0 Å². The summed E-state index contributed by atoms with van der Waals surface area (Å²) in [5, 5.41) is 22.9. The maximum atomic E-state index is 14.2. The summed E-state index contributed by atoms with van der Waals surface area (Å²) in [5.41, 5.74) is 6.39. The zero-order valence-electron chi connectivity index (χ0n) is 24.1. The van der Waals surface area contributed by atoms with Gasteiger partial charge in [0, 0.05) is 26.9 Å².